The van der Waals surface area contributed by atoms with Crippen molar-refractivity contribution in [1.29, 1.82) is 0 Å². The van der Waals surface area contributed by atoms with E-state index in [0.29, 0.717) is 19.9 Å². The Morgan fingerprint density at radius 3 is 3.16 bits per heavy atom. The SMILES string of the molecule is C=c1[nH]c(C2CCCN2COCCCNC(=O)OC)nc1=CC=CC. The van der Waals surface area contributed by atoms with Crippen LogP contribution in [0.15, 0.2) is 12.2 Å². The van der Waals surface area contributed by atoms with E-state index in [1.54, 1.807) is 0 Å². The van der Waals surface area contributed by atoms with Crippen LogP contribution in [0.5, 0.6) is 0 Å². The van der Waals surface area contributed by atoms with E-state index in [1.165, 1.54) is 7.11 Å². The summed E-state index contributed by atoms with van der Waals surface area (Å²) >= 11 is 0. The molecule has 138 valence electrons. The number of ether oxygens (including phenoxy) is 2. The maximum atomic E-state index is 10.9. The minimum Gasteiger partial charge on any atom is -0.453 e. The van der Waals surface area contributed by atoms with Gasteiger partial charge in [-0.25, -0.2) is 9.78 Å². The number of hydrogen-bond donors (Lipinski definition) is 2. The molecule has 0 saturated carbocycles. The standard InChI is InChI=1S/C18H28N4O3/c1-4-5-8-15-14(2)20-17(21-15)16-9-6-11-22(16)13-25-12-7-10-19-18(23)24-3/h4-5,8,16H,2,6-7,9-13H2,1,3H3,(H,19,23)(H,20,21). The van der Waals surface area contributed by atoms with Crippen molar-refractivity contribution in [3.8, 4) is 0 Å². The predicted molar refractivity (Wildman–Crippen MR) is 97.2 cm³/mol. The lowest BCUT2D eigenvalue weighted by Gasteiger charge is -2.22. The normalized spacial score (nSPS) is 19.0. The third-order valence-electron chi connectivity index (χ3n) is 4.13. The van der Waals surface area contributed by atoms with E-state index in [2.05, 4.69) is 31.5 Å². The largest absolute Gasteiger partial charge is 0.453 e. The first kappa shape index (κ1) is 19.2. The summed E-state index contributed by atoms with van der Waals surface area (Å²) in [6, 6.07) is 0.237. The number of likely N-dealkylation sites (tertiary alicyclic amines) is 1. The summed E-state index contributed by atoms with van der Waals surface area (Å²) < 4.78 is 10.3. The number of aromatic nitrogens is 2. The molecule has 1 aliphatic heterocycles. The summed E-state index contributed by atoms with van der Waals surface area (Å²) in [6.07, 6.45) is 8.42. The Kier molecular flexibility index (Phi) is 7.69. The van der Waals surface area contributed by atoms with Crippen LogP contribution >= 0.6 is 0 Å². The summed E-state index contributed by atoms with van der Waals surface area (Å²) in [4.78, 5) is 21.2. The molecular formula is C18H28N4O3. The number of nitrogens with one attached hydrogen (secondary N) is 2. The molecule has 1 aromatic heterocycles. The number of imidazole rings is 1. The molecular weight excluding hydrogens is 320 g/mol. The molecule has 2 N–H and O–H groups in total. The van der Waals surface area contributed by atoms with E-state index in [1.807, 2.05) is 25.2 Å². The number of alkyl carbamates (subject to hydrolysis) is 1. The fourth-order valence-electron chi connectivity index (χ4n) is 2.84. The van der Waals surface area contributed by atoms with Crippen LogP contribution in [0, 0.1) is 0 Å². The van der Waals surface area contributed by atoms with Gasteiger partial charge in [0, 0.05) is 13.1 Å². The number of H-pyrrole nitrogens is 1. The molecule has 1 saturated heterocycles. The van der Waals surface area contributed by atoms with Crippen LogP contribution in [0.25, 0.3) is 12.7 Å². The van der Waals surface area contributed by atoms with Crippen LogP contribution in [0.1, 0.15) is 38.1 Å². The Balaban J connectivity index is 1.82. The monoisotopic (exact) mass is 348 g/mol. The fraction of sp³-hybridized carbons (Fsp3) is 0.556. The Hall–Kier alpha value is -2.12. The van der Waals surface area contributed by atoms with E-state index < -0.39 is 6.09 Å². The Morgan fingerprint density at radius 2 is 2.40 bits per heavy atom. The average molecular weight is 348 g/mol. The quantitative estimate of drug-likeness (QED) is 0.686. The number of hydrogen-bond acceptors (Lipinski definition) is 5. The van der Waals surface area contributed by atoms with E-state index in [9.17, 15) is 4.79 Å². The maximum absolute atomic E-state index is 10.9. The second-order valence-electron chi connectivity index (χ2n) is 5.96. The van der Waals surface area contributed by atoms with Crippen molar-refractivity contribution in [2.24, 2.45) is 0 Å². The second-order valence-corrected chi connectivity index (χ2v) is 5.96. The summed E-state index contributed by atoms with van der Waals surface area (Å²) in [5.74, 6) is 0.953. The smallest absolute Gasteiger partial charge is 0.406 e. The highest BCUT2D eigenvalue weighted by Crippen LogP contribution is 2.28. The highest BCUT2D eigenvalue weighted by molar-refractivity contribution is 5.66. The number of allylic oxidation sites excluding steroid dienone is 2. The Bertz CT molecular complexity index is 683. The van der Waals surface area contributed by atoms with Gasteiger partial charge in [-0.1, -0.05) is 18.7 Å². The lowest BCUT2D eigenvalue weighted by Crippen LogP contribution is -2.28. The molecule has 0 bridgehead atoms. The lowest BCUT2D eigenvalue weighted by molar-refractivity contribution is 0.0188. The molecule has 0 aromatic carbocycles. The number of carbonyl (C=O) groups is 1. The van der Waals surface area contributed by atoms with Crippen LogP contribution in [0.2, 0.25) is 0 Å². The van der Waals surface area contributed by atoms with E-state index in [-0.39, 0.29) is 6.04 Å². The highest BCUT2D eigenvalue weighted by atomic mass is 16.5. The van der Waals surface area contributed by atoms with Gasteiger partial charge in [0.2, 0.25) is 0 Å². The van der Waals surface area contributed by atoms with Crippen molar-refractivity contribution in [3.63, 3.8) is 0 Å². The number of amides is 1. The summed E-state index contributed by atoms with van der Waals surface area (Å²) in [5, 5.41) is 4.36. The van der Waals surface area contributed by atoms with Crippen molar-refractivity contribution >= 4 is 18.7 Å². The molecule has 1 aromatic rings. The topological polar surface area (TPSA) is 79.5 Å². The molecule has 0 radical (unpaired) electrons. The predicted octanol–water partition coefficient (Wildman–Crippen LogP) is 1.03. The Labute approximate surface area is 148 Å². The number of nitrogens with zero attached hydrogens (tertiary/aromatic N) is 2. The van der Waals surface area contributed by atoms with Gasteiger partial charge in [-0.3, -0.25) is 4.90 Å². The molecule has 2 rings (SSSR count). The highest BCUT2D eigenvalue weighted by Gasteiger charge is 2.28. The minimum atomic E-state index is -0.410. The lowest BCUT2D eigenvalue weighted by atomic mass is 10.2. The van der Waals surface area contributed by atoms with Gasteiger partial charge in [0.05, 0.1) is 37.2 Å². The molecule has 7 nitrogen and oxygen atoms in total. The molecule has 1 atom stereocenters. The van der Waals surface area contributed by atoms with Gasteiger partial charge < -0.3 is 19.8 Å². The van der Waals surface area contributed by atoms with Crippen LogP contribution in [0.4, 0.5) is 4.79 Å². The number of methoxy groups -OCH3 is 1. The molecule has 2 heterocycles. The van der Waals surface area contributed by atoms with E-state index >= 15 is 0 Å². The van der Waals surface area contributed by atoms with Crippen molar-refractivity contribution < 1.29 is 14.3 Å². The minimum absolute atomic E-state index is 0.237. The van der Waals surface area contributed by atoms with Crippen LogP contribution in [-0.4, -0.2) is 54.5 Å². The van der Waals surface area contributed by atoms with Gasteiger partial charge in [-0.15, -0.1) is 0 Å². The maximum Gasteiger partial charge on any atom is 0.406 e. The molecule has 1 aliphatic rings. The van der Waals surface area contributed by atoms with Gasteiger partial charge >= 0.3 is 6.09 Å². The third kappa shape index (κ3) is 5.72. The van der Waals surface area contributed by atoms with E-state index in [0.717, 1.165) is 42.3 Å². The fourth-order valence-corrected chi connectivity index (χ4v) is 2.84. The van der Waals surface area contributed by atoms with Gasteiger partial charge in [0.25, 0.3) is 0 Å². The van der Waals surface area contributed by atoms with Crippen molar-refractivity contribution in [2.45, 2.75) is 32.2 Å². The Morgan fingerprint density at radius 1 is 1.56 bits per heavy atom. The van der Waals surface area contributed by atoms with Crippen molar-refractivity contribution in [2.75, 3.05) is 33.5 Å². The summed E-state index contributed by atoms with van der Waals surface area (Å²) in [7, 11) is 1.35. The summed E-state index contributed by atoms with van der Waals surface area (Å²) in [5.41, 5.74) is 0. The van der Waals surface area contributed by atoms with E-state index in [4.69, 9.17) is 4.74 Å². The van der Waals surface area contributed by atoms with Gasteiger partial charge in [-0.2, -0.15) is 0 Å². The van der Waals surface area contributed by atoms with Gasteiger partial charge in [0.1, 0.15) is 5.82 Å². The number of aromatic amines is 1. The van der Waals surface area contributed by atoms with Crippen molar-refractivity contribution in [3.05, 3.63) is 28.7 Å². The van der Waals surface area contributed by atoms with Crippen LogP contribution in [0.3, 0.4) is 0 Å². The molecule has 7 heteroatoms. The molecule has 1 fully saturated rings. The van der Waals surface area contributed by atoms with Crippen LogP contribution in [-0.2, 0) is 9.47 Å². The molecule has 0 spiro atoms. The zero-order valence-corrected chi connectivity index (χ0v) is 15.1. The average Bonchev–Trinajstić information content (AvgIpc) is 3.22. The molecule has 1 amide bonds. The van der Waals surface area contributed by atoms with Crippen molar-refractivity contribution in [1.82, 2.24) is 20.2 Å². The molecule has 1 unspecified atom stereocenters. The number of carbonyl (C=O) groups excluding carboxylic acids is 1. The number of rotatable bonds is 8. The zero-order valence-electron chi connectivity index (χ0n) is 15.1. The van der Waals surface area contributed by atoms with Gasteiger partial charge in [-0.05, 0) is 32.3 Å². The van der Waals surface area contributed by atoms with Crippen LogP contribution < -0.4 is 16.0 Å². The second kappa shape index (κ2) is 10.0. The first-order valence-corrected chi connectivity index (χ1v) is 8.67. The first-order valence-electron chi connectivity index (χ1n) is 8.67. The van der Waals surface area contributed by atoms with Gasteiger partial charge in [0.15, 0.2) is 0 Å². The molecule has 0 aliphatic carbocycles. The first-order chi connectivity index (χ1) is 12.2. The summed E-state index contributed by atoms with van der Waals surface area (Å²) in [6.45, 7) is 8.69. The zero-order chi connectivity index (χ0) is 18.1. The third-order valence-corrected chi connectivity index (χ3v) is 4.13. The molecule has 25 heavy (non-hydrogen) atoms.